The highest BCUT2D eigenvalue weighted by Gasteiger charge is 2.08. The van der Waals surface area contributed by atoms with Crippen molar-refractivity contribution in [3.63, 3.8) is 0 Å². The number of nitrogens with one attached hydrogen (secondary N) is 2. The van der Waals surface area contributed by atoms with E-state index in [4.69, 9.17) is 11.6 Å². The third-order valence-electron chi connectivity index (χ3n) is 2.94. The minimum absolute atomic E-state index is 0.134. The zero-order valence-corrected chi connectivity index (χ0v) is 12.1. The lowest BCUT2D eigenvalue weighted by Crippen LogP contribution is -2.17. The van der Waals surface area contributed by atoms with Crippen LogP contribution in [0.4, 0.5) is 5.69 Å². The van der Waals surface area contributed by atoms with Gasteiger partial charge in [-0.2, -0.15) is 0 Å². The Hall–Kier alpha value is -1.84. The third-order valence-corrected chi connectivity index (χ3v) is 3.19. The van der Waals surface area contributed by atoms with E-state index < -0.39 is 0 Å². The molecule has 104 valence electrons. The van der Waals surface area contributed by atoms with E-state index in [1.165, 1.54) is 0 Å². The highest BCUT2D eigenvalue weighted by Crippen LogP contribution is 2.17. The van der Waals surface area contributed by atoms with Gasteiger partial charge in [-0.3, -0.25) is 4.79 Å². The molecule has 0 unspecified atom stereocenters. The average Bonchev–Trinajstić information content (AvgIpc) is 2.47. The molecule has 0 aromatic heterocycles. The van der Waals surface area contributed by atoms with E-state index in [9.17, 15) is 4.79 Å². The van der Waals surface area contributed by atoms with Gasteiger partial charge in [0.05, 0.1) is 0 Å². The standard InChI is InChI=1S/C16H17ClN2O/c1-2-18-11-13-5-3-4-6-15(13)19-16(20)12-7-9-14(17)10-8-12/h3-10,18H,2,11H2,1H3,(H,19,20). The summed E-state index contributed by atoms with van der Waals surface area (Å²) in [5, 5.41) is 6.81. The lowest BCUT2D eigenvalue weighted by atomic mass is 10.1. The average molecular weight is 289 g/mol. The molecular weight excluding hydrogens is 272 g/mol. The van der Waals surface area contributed by atoms with E-state index in [2.05, 4.69) is 17.6 Å². The molecule has 2 rings (SSSR count). The Kier molecular flexibility index (Phi) is 5.16. The lowest BCUT2D eigenvalue weighted by Gasteiger charge is -2.11. The van der Waals surface area contributed by atoms with Gasteiger partial charge >= 0.3 is 0 Å². The predicted octanol–water partition coefficient (Wildman–Crippen LogP) is 3.70. The van der Waals surface area contributed by atoms with Crippen LogP contribution in [-0.2, 0) is 6.54 Å². The van der Waals surface area contributed by atoms with Crippen LogP contribution in [0.25, 0.3) is 0 Å². The number of halogens is 1. The molecule has 3 nitrogen and oxygen atoms in total. The van der Waals surface area contributed by atoms with Gasteiger partial charge in [0.1, 0.15) is 0 Å². The summed E-state index contributed by atoms with van der Waals surface area (Å²) in [6.07, 6.45) is 0. The van der Waals surface area contributed by atoms with E-state index >= 15 is 0 Å². The molecule has 1 amide bonds. The van der Waals surface area contributed by atoms with Gasteiger partial charge in [-0.15, -0.1) is 0 Å². The number of hydrogen-bond donors (Lipinski definition) is 2. The first-order valence-electron chi connectivity index (χ1n) is 6.56. The summed E-state index contributed by atoms with van der Waals surface area (Å²) >= 11 is 5.82. The maximum atomic E-state index is 12.2. The van der Waals surface area contributed by atoms with Crippen molar-refractivity contribution >= 4 is 23.2 Å². The maximum absolute atomic E-state index is 12.2. The fraction of sp³-hybridized carbons (Fsp3) is 0.188. The molecule has 0 spiro atoms. The summed E-state index contributed by atoms with van der Waals surface area (Å²) in [5.74, 6) is -0.134. The van der Waals surface area contributed by atoms with Gasteiger partial charge in [-0.25, -0.2) is 0 Å². The number of para-hydroxylation sites is 1. The molecule has 2 N–H and O–H groups in total. The molecule has 2 aromatic rings. The first-order chi connectivity index (χ1) is 9.70. The fourth-order valence-electron chi connectivity index (χ4n) is 1.85. The van der Waals surface area contributed by atoms with Gasteiger partial charge in [0.2, 0.25) is 0 Å². The van der Waals surface area contributed by atoms with Crippen molar-refractivity contribution in [2.75, 3.05) is 11.9 Å². The van der Waals surface area contributed by atoms with Crippen molar-refractivity contribution in [3.05, 3.63) is 64.7 Å². The zero-order valence-electron chi connectivity index (χ0n) is 11.3. The van der Waals surface area contributed by atoms with Crippen LogP contribution in [0.2, 0.25) is 5.02 Å². The van der Waals surface area contributed by atoms with Crippen molar-refractivity contribution in [1.29, 1.82) is 0 Å². The number of carbonyl (C=O) groups is 1. The van der Waals surface area contributed by atoms with E-state index in [0.29, 0.717) is 10.6 Å². The molecule has 0 aliphatic rings. The monoisotopic (exact) mass is 288 g/mol. The first kappa shape index (κ1) is 14.6. The summed E-state index contributed by atoms with van der Waals surface area (Å²) < 4.78 is 0. The van der Waals surface area contributed by atoms with Crippen LogP contribution in [0, 0.1) is 0 Å². The number of amides is 1. The van der Waals surface area contributed by atoms with Crippen molar-refractivity contribution in [1.82, 2.24) is 5.32 Å². The SMILES string of the molecule is CCNCc1ccccc1NC(=O)c1ccc(Cl)cc1. The molecule has 0 atom stereocenters. The Balaban J connectivity index is 2.13. The van der Waals surface area contributed by atoms with Gasteiger partial charge in [-0.1, -0.05) is 36.7 Å². The Bertz CT molecular complexity index is 581. The highest BCUT2D eigenvalue weighted by molar-refractivity contribution is 6.30. The minimum Gasteiger partial charge on any atom is -0.322 e. The van der Waals surface area contributed by atoms with Crippen LogP contribution in [0.5, 0.6) is 0 Å². The van der Waals surface area contributed by atoms with Crippen LogP contribution in [0.1, 0.15) is 22.8 Å². The minimum atomic E-state index is -0.134. The van der Waals surface area contributed by atoms with Crippen molar-refractivity contribution in [2.45, 2.75) is 13.5 Å². The summed E-state index contributed by atoms with van der Waals surface area (Å²) in [7, 11) is 0. The predicted molar refractivity (Wildman–Crippen MR) is 83.2 cm³/mol. The summed E-state index contributed by atoms with van der Waals surface area (Å²) in [6.45, 7) is 3.67. The molecular formula is C16H17ClN2O. The molecule has 0 saturated heterocycles. The number of benzene rings is 2. The van der Waals surface area contributed by atoms with Crippen LogP contribution < -0.4 is 10.6 Å². The second-order valence-electron chi connectivity index (χ2n) is 4.40. The normalized spacial score (nSPS) is 10.3. The van der Waals surface area contributed by atoms with E-state index in [0.717, 1.165) is 24.3 Å². The van der Waals surface area contributed by atoms with Crippen LogP contribution in [0.15, 0.2) is 48.5 Å². The molecule has 0 heterocycles. The lowest BCUT2D eigenvalue weighted by molar-refractivity contribution is 0.102. The Morgan fingerprint density at radius 3 is 2.50 bits per heavy atom. The molecule has 0 radical (unpaired) electrons. The van der Waals surface area contributed by atoms with Crippen molar-refractivity contribution in [2.24, 2.45) is 0 Å². The topological polar surface area (TPSA) is 41.1 Å². The van der Waals surface area contributed by atoms with Crippen molar-refractivity contribution < 1.29 is 4.79 Å². The zero-order chi connectivity index (χ0) is 14.4. The number of carbonyl (C=O) groups excluding carboxylic acids is 1. The Morgan fingerprint density at radius 2 is 1.80 bits per heavy atom. The molecule has 0 saturated carbocycles. The maximum Gasteiger partial charge on any atom is 0.255 e. The van der Waals surface area contributed by atoms with E-state index in [-0.39, 0.29) is 5.91 Å². The second-order valence-corrected chi connectivity index (χ2v) is 4.83. The summed E-state index contributed by atoms with van der Waals surface area (Å²) in [5.41, 5.74) is 2.48. The van der Waals surface area contributed by atoms with Crippen LogP contribution in [-0.4, -0.2) is 12.5 Å². The van der Waals surface area contributed by atoms with E-state index in [1.807, 2.05) is 24.3 Å². The molecule has 0 aliphatic carbocycles. The Morgan fingerprint density at radius 1 is 1.10 bits per heavy atom. The smallest absolute Gasteiger partial charge is 0.255 e. The molecule has 20 heavy (non-hydrogen) atoms. The summed E-state index contributed by atoms with van der Waals surface area (Å²) in [4.78, 5) is 12.2. The van der Waals surface area contributed by atoms with Gasteiger partial charge in [0, 0.05) is 22.8 Å². The first-order valence-corrected chi connectivity index (χ1v) is 6.94. The molecule has 0 fully saturated rings. The largest absolute Gasteiger partial charge is 0.322 e. The van der Waals surface area contributed by atoms with Crippen molar-refractivity contribution in [3.8, 4) is 0 Å². The highest BCUT2D eigenvalue weighted by atomic mass is 35.5. The molecule has 0 bridgehead atoms. The second kappa shape index (κ2) is 7.08. The van der Waals surface area contributed by atoms with Crippen LogP contribution in [0.3, 0.4) is 0 Å². The van der Waals surface area contributed by atoms with E-state index in [1.54, 1.807) is 24.3 Å². The Labute approximate surface area is 124 Å². The van der Waals surface area contributed by atoms with Gasteiger partial charge in [0.15, 0.2) is 0 Å². The summed E-state index contributed by atoms with van der Waals surface area (Å²) in [6, 6.07) is 14.6. The fourth-order valence-corrected chi connectivity index (χ4v) is 1.98. The number of hydrogen-bond acceptors (Lipinski definition) is 2. The third kappa shape index (κ3) is 3.83. The number of rotatable bonds is 5. The molecule has 4 heteroatoms. The van der Waals surface area contributed by atoms with Gasteiger partial charge in [0.25, 0.3) is 5.91 Å². The van der Waals surface area contributed by atoms with Gasteiger partial charge in [-0.05, 0) is 42.4 Å². The number of anilines is 1. The molecule has 0 aliphatic heterocycles. The quantitative estimate of drug-likeness (QED) is 0.881. The van der Waals surface area contributed by atoms with Crippen LogP contribution >= 0.6 is 11.6 Å². The van der Waals surface area contributed by atoms with Gasteiger partial charge < -0.3 is 10.6 Å². The molecule has 2 aromatic carbocycles.